The molecule has 3 unspecified atom stereocenters. The second-order valence-corrected chi connectivity index (χ2v) is 6.15. The van der Waals surface area contributed by atoms with Gasteiger partial charge in [0.05, 0.1) is 43.9 Å². The van der Waals surface area contributed by atoms with E-state index in [1.165, 1.54) is 19.0 Å². The number of H-pyrrole nitrogens is 1. The van der Waals surface area contributed by atoms with Crippen LogP contribution in [0.1, 0.15) is 31.5 Å². The number of nitrogens with one attached hydrogen (secondary N) is 2. The molecule has 2 aliphatic rings. The molecule has 0 radical (unpaired) electrons. The number of ether oxygens (including phenoxy) is 3. The largest absolute Gasteiger partial charge is 0.465 e. The monoisotopic (exact) mass is 337 g/mol. The van der Waals surface area contributed by atoms with Crippen LogP contribution in [0, 0.1) is 5.92 Å². The number of carbonyl (C=O) groups excluding carboxylic acids is 1. The summed E-state index contributed by atoms with van der Waals surface area (Å²) in [4.78, 5) is 30.1. The number of aromatic nitrogens is 2. The van der Waals surface area contributed by atoms with E-state index in [-0.39, 0.29) is 24.3 Å². The lowest BCUT2D eigenvalue weighted by atomic mass is 10.1. The average Bonchev–Trinajstić information content (AvgIpc) is 3.30. The van der Waals surface area contributed by atoms with E-state index in [9.17, 15) is 9.59 Å². The van der Waals surface area contributed by atoms with Crippen molar-refractivity contribution in [2.24, 2.45) is 5.92 Å². The highest BCUT2D eigenvalue weighted by molar-refractivity contribution is 5.77. The molecular formula is C16H23N3O5. The molecule has 2 fully saturated rings. The smallest absolute Gasteiger partial charge is 0.329 e. The molecule has 8 nitrogen and oxygen atoms in total. The van der Waals surface area contributed by atoms with Crippen LogP contribution in [0.3, 0.4) is 0 Å². The summed E-state index contributed by atoms with van der Waals surface area (Å²) in [6.07, 6.45) is 4.91. The zero-order valence-electron chi connectivity index (χ0n) is 13.7. The summed E-state index contributed by atoms with van der Waals surface area (Å²) >= 11 is 0. The Morgan fingerprint density at radius 1 is 1.50 bits per heavy atom. The minimum Gasteiger partial charge on any atom is -0.465 e. The predicted molar refractivity (Wildman–Crippen MR) is 84.4 cm³/mol. The van der Waals surface area contributed by atoms with E-state index in [1.807, 2.05) is 0 Å². The first kappa shape index (κ1) is 17.1. The van der Waals surface area contributed by atoms with Gasteiger partial charge in [-0.3, -0.25) is 15.1 Å². The topological polar surface area (TPSA) is 103 Å². The van der Waals surface area contributed by atoms with Crippen molar-refractivity contribution in [3.8, 4) is 0 Å². The quantitative estimate of drug-likeness (QED) is 0.651. The first-order chi connectivity index (χ1) is 11.7. The van der Waals surface area contributed by atoms with Crippen molar-refractivity contribution in [3.05, 3.63) is 28.4 Å². The molecule has 24 heavy (non-hydrogen) atoms. The van der Waals surface area contributed by atoms with Crippen LogP contribution in [-0.2, 0) is 19.0 Å². The predicted octanol–water partition coefficient (Wildman–Crippen LogP) is 0.158. The van der Waals surface area contributed by atoms with Gasteiger partial charge in [0, 0.05) is 12.8 Å². The molecule has 2 N–H and O–H groups in total. The molecular weight excluding hydrogens is 314 g/mol. The number of hydrogen-bond acceptors (Lipinski definition) is 7. The average molecular weight is 337 g/mol. The molecule has 1 saturated carbocycles. The highest BCUT2D eigenvalue weighted by Gasteiger charge is 2.35. The number of nitrogens with zero attached hydrogens (tertiary/aromatic N) is 1. The first-order valence-electron chi connectivity index (χ1n) is 8.34. The van der Waals surface area contributed by atoms with E-state index >= 15 is 0 Å². The fourth-order valence-electron chi connectivity index (χ4n) is 2.62. The molecule has 3 atom stereocenters. The Morgan fingerprint density at radius 3 is 3.00 bits per heavy atom. The van der Waals surface area contributed by atoms with E-state index in [2.05, 4.69) is 15.3 Å². The third-order valence-corrected chi connectivity index (χ3v) is 4.16. The number of aromatic amines is 1. The van der Waals surface area contributed by atoms with Gasteiger partial charge in [0.15, 0.2) is 6.04 Å². The van der Waals surface area contributed by atoms with Gasteiger partial charge in [-0.15, -0.1) is 0 Å². The van der Waals surface area contributed by atoms with Gasteiger partial charge in [0.25, 0.3) is 5.56 Å². The van der Waals surface area contributed by atoms with E-state index in [0.29, 0.717) is 24.8 Å². The van der Waals surface area contributed by atoms with Crippen molar-refractivity contribution in [3.63, 3.8) is 0 Å². The van der Waals surface area contributed by atoms with Crippen LogP contribution in [0.5, 0.6) is 0 Å². The Balaban J connectivity index is 1.68. The summed E-state index contributed by atoms with van der Waals surface area (Å²) in [6, 6.07) is -0.910. The lowest BCUT2D eigenvalue weighted by Gasteiger charge is -2.24. The van der Waals surface area contributed by atoms with Gasteiger partial charge >= 0.3 is 5.97 Å². The number of carbonyl (C=O) groups is 1. The Kier molecular flexibility index (Phi) is 5.60. The maximum atomic E-state index is 12.3. The van der Waals surface area contributed by atoms with Crippen LogP contribution < -0.4 is 10.9 Å². The zero-order valence-corrected chi connectivity index (χ0v) is 13.7. The van der Waals surface area contributed by atoms with Gasteiger partial charge in [0.2, 0.25) is 0 Å². The first-order valence-corrected chi connectivity index (χ1v) is 8.34. The molecule has 0 bridgehead atoms. The highest BCUT2D eigenvalue weighted by atomic mass is 16.5. The normalized spacial score (nSPS) is 24.7. The highest BCUT2D eigenvalue weighted by Crippen LogP contribution is 2.30. The second kappa shape index (κ2) is 7.87. The van der Waals surface area contributed by atoms with Gasteiger partial charge in [-0.05, 0) is 25.7 Å². The molecule has 3 rings (SSSR count). The van der Waals surface area contributed by atoms with Crippen molar-refractivity contribution in [2.75, 3.05) is 26.4 Å². The van der Waals surface area contributed by atoms with Gasteiger partial charge in [0.1, 0.15) is 0 Å². The minimum absolute atomic E-state index is 0.106. The molecule has 0 aromatic carbocycles. The van der Waals surface area contributed by atoms with Gasteiger partial charge in [-0.2, -0.15) is 0 Å². The molecule has 132 valence electrons. The Bertz CT molecular complexity index is 595. The lowest BCUT2D eigenvalue weighted by Crippen LogP contribution is -2.45. The molecule has 2 heterocycles. The lowest BCUT2D eigenvalue weighted by molar-refractivity contribution is -0.146. The Hall–Kier alpha value is -1.77. The fourth-order valence-corrected chi connectivity index (χ4v) is 2.62. The van der Waals surface area contributed by atoms with Crippen molar-refractivity contribution < 1.29 is 19.0 Å². The number of esters is 1. The molecule has 1 aromatic rings. The molecule has 1 aliphatic heterocycles. The molecule has 0 amide bonds. The summed E-state index contributed by atoms with van der Waals surface area (Å²) in [5.74, 6) is 0.220. The maximum Gasteiger partial charge on any atom is 0.329 e. The summed E-state index contributed by atoms with van der Waals surface area (Å²) < 4.78 is 16.5. The van der Waals surface area contributed by atoms with Gasteiger partial charge in [-0.25, -0.2) is 4.79 Å². The maximum absolute atomic E-state index is 12.3. The summed E-state index contributed by atoms with van der Waals surface area (Å²) in [5, 5.41) is 3.22. The number of rotatable bonds is 8. The van der Waals surface area contributed by atoms with Crippen LogP contribution in [-0.4, -0.2) is 54.5 Å². The third kappa shape index (κ3) is 4.40. The number of hydrogen-bond donors (Lipinski definition) is 2. The van der Waals surface area contributed by atoms with Gasteiger partial charge in [-0.1, -0.05) is 0 Å². The second-order valence-electron chi connectivity index (χ2n) is 6.15. The summed E-state index contributed by atoms with van der Waals surface area (Å²) in [6.45, 7) is 3.69. The third-order valence-electron chi connectivity index (χ3n) is 4.16. The molecule has 1 saturated heterocycles. The van der Waals surface area contributed by atoms with Crippen molar-refractivity contribution in [2.45, 2.75) is 38.0 Å². The van der Waals surface area contributed by atoms with Crippen molar-refractivity contribution in [1.29, 1.82) is 0 Å². The molecule has 1 aliphatic carbocycles. The SMILES string of the molecule is CCOC(=O)C(NC1COCC1OCC1CC1)c1c[nH]c(=O)cn1. The molecule has 8 heteroatoms. The van der Waals surface area contributed by atoms with E-state index in [0.717, 1.165) is 12.8 Å². The molecule has 0 spiro atoms. The van der Waals surface area contributed by atoms with E-state index < -0.39 is 12.0 Å². The summed E-state index contributed by atoms with van der Waals surface area (Å²) in [7, 11) is 0. The molecule has 1 aromatic heterocycles. The van der Waals surface area contributed by atoms with Crippen molar-refractivity contribution >= 4 is 5.97 Å². The zero-order chi connectivity index (χ0) is 16.9. The van der Waals surface area contributed by atoms with Crippen LogP contribution in [0.2, 0.25) is 0 Å². The van der Waals surface area contributed by atoms with E-state index in [1.54, 1.807) is 6.92 Å². The Morgan fingerprint density at radius 2 is 2.33 bits per heavy atom. The van der Waals surface area contributed by atoms with Gasteiger partial charge < -0.3 is 19.2 Å². The van der Waals surface area contributed by atoms with Crippen molar-refractivity contribution in [1.82, 2.24) is 15.3 Å². The summed E-state index contributed by atoms with van der Waals surface area (Å²) in [5.41, 5.74) is 0.0806. The van der Waals surface area contributed by atoms with Crippen LogP contribution in [0.25, 0.3) is 0 Å². The Labute approximate surface area is 139 Å². The van der Waals surface area contributed by atoms with Crippen LogP contribution in [0.4, 0.5) is 0 Å². The van der Waals surface area contributed by atoms with Crippen LogP contribution >= 0.6 is 0 Å². The standard InChI is InChI=1S/C16H23N3O5/c1-2-23-16(21)15(11-5-18-14(20)6-17-11)19-12-8-22-9-13(12)24-7-10-3-4-10/h5-6,10,12-13,15,19H,2-4,7-9H2,1H3,(H,18,20). The van der Waals surface area contributed by atoms with E-state index in [4.69, 9.17) is 14.2 Å². The fraction of sp³-hybridized carbons (Fsp3) is 0.688. The van der Waals surface area contributed by atoms with Crippen LogP contribution in [0.15, 0.2) is 17.2 Å². The minimum atomic E-state index is -0.777.